The van der Waals surface area contributed by atoms with Crippen LogP contribution in [0.3, 0.4) is 0 Å². The maximum absolute atomic E-state index is 12.5. The van der Waals surface area contributed by atoms with Crippen molar-refractivity contribution in [3.8, 4) is 17.0 Å². The summed E-state index contributed by atoms with van der Waals surface area (Å²) in [6.45, 7) is 6.29. The zero-order valence-corrected chi connectivity index (χ0v) is 18.1. The molecule has 1 amide bonds. The maximum atomic E-state index is 12.5. The summed E-state index contributed by atoms with van der Waals surface area (Å²) in [7, 11) is 0. The number of ether oxygens (including phenoxy) is 1. The van der Waals surface area contributed by atoms with E-state index in [4.69, 9.17) is 4.74 Å². The van der Waals surface area contributed by atoms with Gasteiger partial charge in [0.2, 0.25) is 0 Å². The van der Waals surface area contributed by atoms with Crippen LogP contribution in [0.2, 0.25) is 0 Å². The molecule has 0 spiro atoms. The second-order valence-electron chi connectivity index (χ2n) is 8.13. The van der Waals surface area contributed by atoms with E-state index in [0.29, 0.717) is 29.8 Å². The molecule has 2 heterocycles. The summed E-state index contributed by atoms with van der Waals surface area (Å²) in [5, 5.41) is 6.04. The van der Waals surface area contributed by atoms with E-state index in [-0.39, 0.29) is 11.7 Å². The smallest absolute Gasteiger partial charge is 0.251 e. The van der Waals surface area contributed by atoms with Crippen LogP contribution in [0.25, 0.3) is 11.3 Å². The van der Waals surface area contributed by atoms with Gasteiger partial charge in [-0.15, -0.1) is 11.3 Å². The van der Waals surface area contributed by atoms with Crippen LogP contribution in [0, 0.1) is 6.92 Å². The number of hydrogen-bond donors (Lipinski definition) is 1. The minimum Gasteiger partial charge on any atom is -0.487 e. The third-order valence-electron chi connectivity index (χ3n) is 5.08. The van der Waals surface area contributed by atoms with E-state index in [9.17, 15) is 9.59 Å². The Bertz CT molecular complexity index is 1100. The Morgan fingerprint density at radius 1 is 1.20 bits per heavy atom. The van der Waals surface area contributed by atoms with E-state index in [2.05, 4.69) is 39.9 Å². The number of aryl methyl sites for hydroxylation is 1. The summed E-state index contributed by atoms with van der Waals surface area (Å²) in [5.74, 6) is 0.361. The van der Waals surface area contributed by atoms with Crippen molar-refractivity contribution in [2.75, 3.05) is 6.54 Å². The summed E-state index contributed by atoms with van der Waals surface area (Å²) < 4.78 is 5.85. The molecule has 0 radical (unpaired) electrons. The standard InChI is InChI=1S/C24H24N2O3S/c1-15-26-20(14-30-15)17-6-4-16(5-7-17)10-11-25-23(28)18-8-9-22-19(12-18)21(27)13-24(2,3)29-22/h4-9,12,14H,10-11,13H2,1-3H3,(H,25,28). The third kappa shape index (κ3) is 4.44. The van der Waals surface area contributed by atoms with E-state index >= 15 is 0 Å². The van der Waals surface area contributed by atoms with Gasteiger partial charge < -0.3 is 10.1 Å². The van der Waals surface area contributed by atoms with Gasteiger partial charge in [-0.2, -0.15) is 0 Å². The minimum absolute atomic E-state index is 0.00583. The van der Waals surface area contributed by atoms with Crippen molar-refractivity contribution in [3.05, 3.63) is 69.5 Å². The molecular formula is C24H24N2O3S. The number of carbonyl (C=O) groups is 2. The number of hydrogen-bond acceptors (Lipinski definition) is 5. The quantitative estimate of drug-likeness (QED) is 0.642. The Morgan fingerprint density at radius 2 is 1.97 bits per heavy atom. The molecule has 0 saturated heterocycles. The number of rotatable bonds is 5. The number of fused-ring (bicyclic) bond motifs is 1. The number of amides is 1. The predicted octanol–water partition coefficient (Wildman–Crippen LogP) is 4.83. The molecule has 0 bridgehead atoms. The number of thiazole rings is 1. The van der Waals surface area contributed by atoms with Crippen molar-refractivity contribution in [1.29, 1.82) is 0 Å². The molecule has 0 saturated carbocycles. The van der Waals surface area contributed by atoms with E-state index in [0.717, 1.165) is 28.2 Å². The second-order valence-corrected chi connectivity index (χ2v) is 9.19. The lowest BCUT2D eigenvalue weighted by molar-refractivity contribution is 0.0620. The van der Waals surface area contributed by atoms with Gasteiger partial charge in [0.15, 0.2) is 5.78 Å². The zero-order chi connectivity index (χ0) is 21.3. The van der Waals surface area contributed by atoms with Gasteiger partial charge in [-0.3, -0.25) is 9.59 Å². The Balaban J connectivity index is 1.35. The largest absolute Gasteiger partial charge is 0.487 e. The number of aromatic nitrogens is 1. The minimum atomic E-state index is -0.512. The van der Waals surface area contributed by atoms with Gasteiger partial charge >= 0.3 is 0 Å². The molecule has 0 atom stereocenters. The lowest BCUT2D eigenvalue weighted by atomic mass is 9.92. The van der Waals surface area contributed by atoms with Crippen molar-refractivity contribution >= 4 is 23.0 Å². The predicted molar refractivity (Wildman–Crippen MR) is 118 cm³/mol. The average Bonchev–Trinajstić information content (AvgIpc) is 3.13. The molecule has 4 rings (SSSR count). The molecule has 0 aliphatic carbocycles. The molecule has 1 N–H and O–H groups in total. The lowest BCUT2D eigenvalue weighted by Gasteiger charge is -2.31. The Kier molecular flexibility index (Phi) is 5.43. The molecule has 6 heteroatoms. The molecule has 30 heavy (non-hydrogen) atoms. The first-order valence-electron chi connectivity index (χ1n) is 9.97. The second kappa shape index (κ2) is 8.03. The highest BCUT2D eigenvalue weighted by Gasteiger charge is 2.32. The molecule has 2 aromatic carbocycles. The summed E-state index contributed by atoms with van der Waals surface area (Å²) in [6.07, 6.45) is 1.03. The van der Waals surface area contributed by atoms with Crippen molar-refractivity contribution in [1.82, 2.24) is 10.3 Å². The Hall–Kier alpha value is -2.99. The van der Waals surface area contributed by atoms with E-state index in [1.54, 1.807) is 29.5 Å². The van der Waals surface area contributed by atoms with Gasteiger partial charge in [0.25, 0.3) is 5.91 Å². The summed E-state index contributed by atoms with van der Waals surface area (Å²) in [5.41, 5.74) is 3.67. The molecule has 0 fully saturated rings. The van der Waals surface area contributed by atoms with Crippen LogP contribution in [0.4, 0.5) is 0 Å². The first kappa shape index (κ1) is 20.3. The highest BCUT2D eigenvalue weighted by Crippen LogP contribution is 2.33. The van der Waals surface area contributed by atoms with Crippen LogP contribution in [0.5, 0.6) is 5.75 Å². The van der Waals surface area contributed by atoms with E-state index in [1.165, 1.54) is 0 Å². The van der Waals surface area contributed by atoms with Gasteiger partial charge in [-0.1, -0.05) is 24.3 Å². The zero-order valence-electron chi connectivity index (χ0n) is 17.3. The Labute approximate surface area is 180 Å². The molecular weight excluding hydrogens is 396 g/mol. The molecule has 0 unspecified atom stereocenters. The first-order chi connectivity index (χ1) is 14.3. The molecule has 5 nitrogen and oxygen atoms in total. The fraction of sp³-hybridized carbons (Fsp3) is 0.292. The third-order valence-corrected chi connectivity index (χ3v) is 5.86. The van der Waals surface area contributed by atoms with Crippen molar-refractivity contribution in [3.63, 3.8) is 0 Å². The van der Waals surface area contributed by atoms with Gasteiger partial charge in [0.1, 0.15) is 11.4 Å². The number of Topliss-reactive ketones (excluding diaryl/α,β-unsaturated/α-hetero) is 1. The van der Waals surface area contributed by atoms with Crippen LogP contribution in [0.15, 0.2) is 47.8 Å². The summed E-state index contributed by atoms with van der Waals surface area (Å²) in [6, 6.07) is 13.3. The van der Waals surface area contributed by atoms with Crippen LogP contribution in [-0.2, 0) is 6.42 Å². The van der Waals surface area contributed by atoms with Crippen LogP contribution in [0.1, 0.15) is 51.6 Å². The van der Waals surface area contributed by atoms with Crippen LogP contribution >= 0.6 is 11.3 Å². The highest BCUT2D eigenvalue weighted by molar-refractivity contribution is 7.09. The van der Waals surface area contributed by atoms with Crippen molar-refractivity contribution in [2.24, 2.45) is 0 Å². The highest BCUT2D eigenvalue weighted by atomic mass is 32.1. The number of ketones is 1. The normalized spacial score (nSPS) is 14.7. The SMILES string of the molecule is Cc1nc(-c2ccc(CCNC(=O)c3ccc4c(c3)C(=O)CC(C)(C)O4)cc2)cs1. The number of nitrogens with zero attached hydrogens (tertiary/aromatic N) is 1. The fourth-order valence-electron chi connectivity index (χ4n) is 3.55. The Morgan fingerprint density at radius 3 is 2.67 bits per heavy atom. The van der Waals surface area contributed by atoms with Crippen LogP contribution in [-0.4, -0.2) is 28.8 Å². The summed E-state index contributed by atoms with van der Waals surface area (Å²) in [4.78, 5) is 29.4. The van der Waals surface area contributed by atoms with Gasteiger partial charge in [-0.25, -0.2) is 4.98 Å². The average molecular weight is 421 g/mol. The topological polar surface area (TPSA) is 68.3 Å². The van der Waals surface area contributed by atoms with Gasteiger partial charge in [0.05, 0.1) is 22.7 Å². The number of benzene rings is 2. The first-order valence-corrected chi connectivity index (χ1v) is 10.8. The van der Waals surface area contributed by atoms with Crippen molar-refractivity contribution < 1.29 is 14.3 Å². The molecule has 1 aliphatic heterocycles. The van der Waals surface area contributed by atoms with E-state index in [1.807, 2.05) is 20.8 Å². The molecule has 154 valence electrons. The molecule has 1 aliphatic rings. The van der Waals surface area contributed by atoms with E-state index < -0.39 is 5.60 Å². The summed E-state index contributed by atoms with van der Waals surface area (Å²) >= 11 is 1.64. The monoisotopic (exact) mass is 420 g/mol. The molecule has 1 aromatic heterocycles. The maximum Gasteiger partial charge on any atom is 0.251 e. The number of carbonyl (C=O) groups excluding carboxylic acids is 2. The van der Waals surface area contributed by atoms with Gasteiger partial charge in [0, 0.05) is 23.1 Å². The number of nitrogens with one attached hydrogen (secondary N) is 1. The fourth-order valence-corrected chi connectivity index (χ4v) is 4.18. The van der Waals surface area contributed by atoms with Crippen molar-refractivity contribution in [2.45, 2.75) is 39.2 Å². The molecule has 3 aromatic rings. The van der Waals surface area contributed by atoms with Gasteiger partial charge in [-0.05, 0) is 51.0 Å². The lowest BCUT2D eigenvalue weighted by Crippen LogP contribution is -2.36. The van der Waals surface area contributed by atoms with Crippen LogP contribution < -0.4 is 10.1 Å².